The number of amides is 2. The van der Waals surface area contributed by atoms with Crippen molar-refractivity contribution in [2.24, 2.45) is 0 Å². The van der Waals surface area contributed by atoms with E-state index >= 15 is 0 Å². The standard InChI is InChI=1S/C26H36FN3O4/c1-4-34-26(33)25-19(3)30(24(32)16-22(25)20-10-7-11-21(27)15-20)17-23(31)28-12-8-14-29-13-6-5-9-18(29)2/h7,10-11,15,18,22H,4-6,8-9,12-14,16-17H2,1-3H3,(H,28,31). The number of hydrogen-bond acceptors (Lipinski definition) is 5. The molecule has 2 heterocycles. The molecule has 7 nitrogen and oxygen atoms in total. The molecule has 0 radical (unpaired) electrons. The third-order valence-corrected chi connectivity index (χ3v) is 6.76. The highest BCUT2D eigenvalue weighted by Gasteiger charge is 2.37. The second-order valence-electron chi connectivity index (χ2n) is 9.10. The van der Waals surface area contributed by atoms with Crippen molar-refractivity contribution in [3.05, 3.63) is 46.9 Å². The first-order valence-electron chi connectivity index (χ1n) is 12.3. The first-order valence-corrected chi connectivity index (χ1v) is 12.3. The number of halogens is 1. The monoisotopic (exact) mass is 473 g/mol. The van der Waals surface area contributed by atoms with E-state index in [-0.39, 0.29) is 31.4 Å². The molecule has 2 unspecified atom stereocenters. The molecular formula is C26H36FN3O4. The summed E-state index contributed by atoms with van der Waals surface area (Å²) in [6, 6.07) is 6.47. The van der Waals surface area contributed by atoms with Crippen molar-refractivity contribution in [1.82, 2.24) is 15.1 Å². The predicted molar refractivity (Wildman–Crippen MR) is 127 cm³/mol. The van der Waals surface area contributed by atoms with E-state index in [4.69, 9.17) is 4.74 Å². The summed E-state index contributed by atoms with van der Waals surface area (Å²) in [5.41, 5.74) is 1.20. The number of hydrogen-bond donors (Lipinski definition) is 1. The van der Waals surface area contributed by atoms with Crippen molar-refractivity contribution < 1.29 is 23.5 Å². The van der Waals surface area contributed by atoms with Gasteiger partial charge in [-0.15, -0.1) is 0 Å². The number of nitrogens with zero attached hydrogens (tertiary/aromatic N) is 2. The van der Waals surface area contributed by atoms with Gasteiger partial charge in [0, 0.05) is 37.2 Å². The summed E-state index contributed by atoms with van der Waals surface area (Å²) in [4.78, 5) is 42.2. The number of ether oxygens (including phenoxy) is 1. The van der Waals surface area contributed by atoms with Crippen molar-refractivity contribution in [1.29, 1.82) is 0 Å². The Morgan fingerprint density at radius 3 is 2.76 bits per heavy atom. The average Bonchev–Trinajstić information content (AvgIpc) is 2.80. The molecule has 1 saturated heterocycles. The van der Waals surface area contributed by atoms with Gasteiger partial charge in [-0.1, -0.05) is 18.6 Å². The highest BCUT2D eigenvalue weighted by atomic mass is 19.1. The molecule has 34 heavy (non-hydrogen) atoms. The molecular weight excluding hydrogens is 437 g/mol. The van der Waals surface area contributed by atoms with Crippen LogP contribution in [-0.2, 0) is 19.1 Å². The highest BCUT2D eigenvalue weighted by Crippen LogP contribution is 2.37. The van der Waals surface area contributed by atoms with E-state index in [2.05, 4.69) is 17.1 Å². The van der Waals surface area contributed by atoms with E-state index in [0.29, 0.717) is 29.4 Å². The van der Waals surface area contributed by atoms with E-state index in [1.165, 1.54) is 36.3 Å². The van der Waals surface area contributed by atoms with Gasteiger partial charge in [0.25, 0.3) is 0 Å². The molecule has 3 rings (SSSR count). The van der Waals surface area contributed by atoms with Gasteiger partial charge in [0.2, 0.25) is 11.8 Å². The van der Waals surface area contributed by atoms with Crippen LogP contribution < -0.4 is 5.32 Å². The van der Waals surface area contributed by atoms with Crippen molar-refractivity contribution in [2.75, 3.05) is 32.8 Å². The van der Waals surface area contributed by atoms with E-state index < -0.39 is 17.7 Å². The van der Waals surface area contributed by atoms with Crippen molar-refractivity contribution in [3.63, 3.8) is 0 Å². The summed E-state index contributed by atoms with van der Waals surface area (Å²) >= 11 is 0. The van der Waals surface area contributed by atoms with E-state index in [9.17, 15) is 18.8 Å². The molecule has 8 heteroatoms. The first kappa shape index (κ1) is 25.9. The van der Waals surface area contributed by atoms with Gasteiger partial charge in [0.1, 0.15) is 12.4 Å². The fraction of sp³-hybridized carbons (Fsp3) is 0.577. The van der Waals surface area contributed by atoms with Gasteiger partial charge in [0.15, 0.2) is 0 Å². The maximum atomic E-state index is 13.8. The molecule has 2 amide bonds. The first-order chi connectivity index (χ1) is 16.3. The molecule has 0 aliphatic carbocycles. The zero-order valence-corrected chi connectivity index (χ0v) is 20.4. The van der Waals surface area contributed by atoms with Crippen LogP contribution >= 0.6 is 0 Å². The van der Waals surface area contributed by atoms with Gasteiger partial charge in [0.05, 0.1) is 12.2 Å². The SMILES string of the molecule is CCOC(=O)C1=C(C)N(CC(=O)NCCCN2CCCCC2C)C(=O)CC1c1cccc(F)c1. The van der Waals surface area contributed by atoms with Gasteiger partial charge >= 0.3 is 5.97 Å². The van der Waals surface area contributed by atoms with E-state index in [0.717, 1.165) is 19.5 Å². The molecule has 2 atom stereocenters. The van der Waals surface area contributed by atoms with E-state index in [1.807, 2.05) is 0 Å². The summed E-state index contributed by atoms with van der Waals surface area (Å²) in [5.74, 6) is -2.16. The van der Waals surface area contributed by atoms with Crippen LogP contribution in [0.25, 0.3) is 0 Å². The lowest BCUT2D eigenvalue weighted by Gasteiger charge is -2.34. The topological polar surface area (TPSA) is 79.0 Å². The maximum absolute atomic E-state index is 13.8. The van der Waals surface area contributed by atoms with E-state index in [1.54, 1.807) is 26.0 Å². The third kappa shape index (κ3) is 6.44. The number of likely N-dealkylation sites (tertiary alicyclic amines) is 1. The van der Waals surface area contributed by atoms with Crippen LogP contribution in [0.15, 0.2) is 35.5 Å². The molecule has 186 valence electrons. The fourth-order valence-electron chi connectivity index (χ4n) is 4.88. The molecule has 1 fully saturated rings. The lowest BCUT2D eigenvalue weighted by Crippen LogP contribution is -2.44. The smallest absolute Gasteiger partial charge is 0.336 e. The molecule has 0 spiro atoms. The molecule has 0 aromatic heterocycles. The number of carbonyl (C=O) groups excluding carboxylic acids is 3. The number of benzene rings is 1. The minimum absolute atomic E-state index is 0.0327. The number of rotatable bonds is 9. The Hall–Kier alpha value is -2.74. The quantitative estimate of drug-likeness (QED) is 0.440. The van der Waals surface area contributed by atoms with Crippen LogP contribution in [0.5, 0.6) is 0 Å². The fourth-order valence-corrected chi connectivity index (χ4v) is 4.88. The van der Waals surface area contributed by atoms with Crippen LogP contribution in [0, 0.1) is 5.82 Å². The molecule has 1 N–H and O–H groups in total. The summed E-state index contributed by atoms with van der Waals surface area (Å²) in [6.45, 7) is 8.17. The van der Waals surface area contributed by atoms with Crippen LogP contribution in [0.4, 0.5) is 4.39 Å². The maximum Gasteiger partial charge on any atom is 0.336 e. The lowest BCUT2D eigenvalue weighted by molar-refractivity contribution is -0.141. The predicted octanol–water partition coefficient (Wildman–Crippen LogP) is 3.36. The van der Waals surface area contributed by atoms with Crippen molar-refractivity contribution in [3.8, 4) is 0 Å². The Balaban J connectivity index is 1.66. The number of nitrogens with one attached hydrogen (secondary N) is 1. The van der Waals surface area contributed by atoms with Gasteiger partial charge in [-0.3, -0.25) is 9.59 Å². The average molecular weight is 474 g/mol. The Labute approximate surface area is 201 Å². The summed E-state index contributed by atoms with van der Waals surface area (Å²) < 4.78 is 19.1. The Bertz CT molecular complexity index is 932. The third-order valence-electron chi connectivity index (χ3n) is 6.76. The van der Waals surface area contributed by atoms with Crippen LogP contribution in [-0.4, -0.2) is 66.4 Å². The highest BCUT2D eigenvalue weighted by molar-refractivity contribution is 5.97. The summed E-state index contributed by atoms with van der Waals surface area (Å²) in [6.07, 6.45) is 4.52. The molecule has 2 aliphatic rings. The normalized spacial score (nSPS) is 21.5. The zero-order valence-electron chi connectivity index (χ0n) is 20.4. The number of piperidine rings is 1. The van der Waals surface area contributed by atoms with Crippen LogP contribution in [0.2, 0.25) is 0 Å². The summed E-state index contributed by atoms with van der Waals surface area (Å²) in [5, 5.41) is 2.90. The van der Waals surface area contributed by atoms with Crippen LogP contribution in [0.1, 0.15) is 64.4 Å². The summed E-state index contributed by atoms with van der Waals surface area (Å²) in [7, 11) is 0. The molecule has 1 aromatic rings. The second-order valence-corrected chi connectivity index (χ2v) is 9.10. The van der Waals surface area contributed by atoms with Gasteiger partial charge in [-0.25, -0.2) is 9.18 Å². The minimum atomic E-state index is -0.618. The minimum Gasteiger partial charge on any atom is -0.463 e. The molecule has 0 saturated carbocycles. The van der Waals surface area contributed by atoms with Gasteiger partial charge in [-0.05, 0) is 64.3 Å². The number of allylic oxidation sites excluding steroid dienone is 1. The molecule has 1 aromatic carbocycles. The van der Waals surface area contributed by atoms with Gasteiger partial charge in [-0.2, -0.15) is 0 Å². The second kappa shape index (κ2) is 12.1. The number of carbonyl (C=O) groups is 3. The lowest BCUT2D eigenvalue weighted by atomic mass is 9.83. The zero-order chi connectivity index (χ0) is 24.7. The van der Waals surface area contributed by atoms with Crippen molar-refractivity contribution in [2.45, 2.75) is 64.8 Å². The van der Waals surface area contributed by atoms with Crippen LogP contribution in [0.3, 0.4) is 0 Å². The largest absolute Gasteiger partial charge is 0.463 e. The molecule has 0 bridgehead atoms. The van der Waals surface area contributed by atoms with Gasteiger partial charge < -0.3 is 19.9 Å². The van der Waals surface area contributed by atoms with Crippen molar-refractivity contribution >= 4 is 17.8 Å². The molecule has 2 aliphatic heterocycles. The Morgan fingerprint density at radius 1 is 1.26 bits per heavy atom. The Morgan fingerprint density at radius 2 is 2.06 bits per heavy atom. The number of esters is 1. The Kier molecular flexibility index (Phi) is 9.21.